The molecule has 0 saturated carbocycles. The van der Waals surface area contributed by atoms with E-state index in [0.29, 0.717) is 4.47 Å². The van der Waals surface area contributed by atoms with Gasteiger partial charge in [0, 0.05) is 20.7 Å². The van der Waals surface area contributed by atoms with Crippen LogP contribution in [0.15, 0.2) is 33.8 Å². The van der Waals surface area contributed by atoms with E-state index in [0.717, 1.165) is 10.9 Å². The van der Waals surface area contributed by atoms with Gasteiger partial charge in [-0.25, -0.2) is 12.8 Å². The molecule has 1 heterocycles. The lowest BCUT2D eigenvalue weighted by molar-refractivity contribution is -0.392. The number of nitro groups is 1. The van der Waals surface area contributed by atoms with Crippen LogP contribution in [-0.4, -0.2) is 23.1 Å². The first-order valence-corrected chi connectivity index (χ1v) is 8.39. The number of hydrogen-bond donors (Lipinski definition) is 0. The van der Waals surface area contributed by atoms with E-state index in [1.54, 1.807) is 6.07 Å². The number of benzene rings is 1. The molecule has 0 N–H and O–H groups in total. The third kappa shape index (κ3) is 3.57. The van der Waals surface area contributed by atoms with Gasteiger partial charge >= 0.3 is 5.82 Å². The number of hydrogen-bond acceptors (Lipinski definition) is 5. The summed E-state index contributed by atoms with van der Waals surface area (Å²) in [5.74, 6) is -1.46. The average molecular weight is 399 g/mol. The molecular formula is C10H6BrClFN3O4S. The van der Waals surface area contributed by atoms with Crippen LogP contribution in [0.2, 0.25) is 0 Å². The molecular weight excluding hydrogens is 393 g/mol. The highest BCUT2D eigenvalue weighted by molar-refractivity contribution is 9.10. The van der Waals surface area contributed by atoms with E-state index >= 15 is 0 Å². The van der Waals surface area contributed by atoms with Crippen LogP contribution in [0.3, 0.4) is 0 Å². The van der Waals surface area contributed by atoms with Crippen LogP contribution in [0.5, 0.6) is 0 Å². The van der Waals surface area contributed by atoms with Gasteiger partial charge in [0.05, 0.1) is 17.8 Å². The van der Waals surface area contributed by atoms with E-state index in [2.05, 4.69) is 21.0 Å². The zero-order valence-corrected chi connectivity index (χ0v) is 13.2. The molecule has 0 amide bonds. The molecule has 21 heavy (non-hydrogen) atoms. The molecule has 0 aliphatic rings. The van der Waals surface area contributed by atoms with Crippen molar-refractivity contribution < 1.29 is 17.7 Å². The van der Waals surface area contributed by atoms with Crippen LogP contribution < -0.4 is 0 Å². The zero-order valence-electron chi connectivity index (χ0n) is 10.0. The molecule has 0 radical (unpaired) electrons. The zero-order chi connectivity index (χ0) is 15.8. The van der Waals surface area contributed by atoms with Crippen LogP contribution in [0.25, 0.3) is 0 Å². The molecule has 112 valence electrons. The van der Waals surface area contributed by atoms with Gasteiger partial charge in [0.25, 0.3) is 9.05 Å². The summed E-state index contributed by atoms with van der Waals surface area (Å²) in [4.78, 5) is 9.07. The summed E-state index contributed by atoms with van der Waals surface area (Å²) in [5, 5.41) is 14.3. The highest BCUT2D eigenvalue weighted by Crippen LogP contribution is 2.25. The minimum Gasteiger partial charge on any atom is -0.358 e. The van der Waals surface area contributed by atoms with Gasteiger partial charge in [0.2, 0.25) is 4.90 Å². The highest BCUT2D eigenvalue weighted by Gasteiger charge is 2.30. The van der Waals surface area contributed by atoms with Crippen molar-refractivity contribution in [2.24, 2.45) is 0 Å². The van der Waals surface area contributed by atoms with E-state index in [9.17, 15) is 22.9 Å². The smallest absolute Gasteiger partial charge is 0.358 e. The lowest BCUT2D eigenvalue weighted by Crippen LogP contribution is -2.03. The summed E-state index contributed by atoms with van der Waals surface area (Å²) in [5.41, 5.74) is 0.189. The van der Waals surface area contributed by atoms with Gasteiger partial charge in [-0.15, -0.1) is 0 Å². The van der Waals surface area contributed by atoms with Gasteiger partial charge in [0.15, 0.2) is 0 Å². The SMILES string of the molecule is O=[N+]([O-])c1nn(Cc2ccc(Br)cc2F)cc1S(=O)(=O)Cl. The Morgan fingerprint density at radius 3 is 2.62 bits per heavy atom. The van der Waals surface area contributed by atoms with E-state index in [-0.39, 0.29) is 12.1 Å². The second-order valence-corrected chi connectivity index (χ2v) is 7.40. The van der Waals surface area contributed by atoms with Crippen LogP contribution in [0, 0.1) is 15.9 Å². The maximum absolute atomic E-state index is 13.7. The first kappa shape index (κ1) is 15.9. The molecule has 0 bridgehead atoms. The quantitative estimate of drug-likeness (QED) is 0.448. The second kappa shape index (κ2) is 5.70. The predicted molar refractivity (Wildman–Crippen MR) is 75.1 cm³/mol. The van der Waals surface area contributed by atoms with Crippen molar-refractivity contribution in [3.05, 3.63) is 50.4 Å². The Morgan fingerprint density at radius 1 is 1.48 bits per heavy atom. The van der Waals surface area contributed by atoms with Gasteiger partial charge in [-0.2, -0.15) is 4.68 Å². The molecule has 0 fully saturated rings. The summed E-state index contributed by atoms with van der Waals surface area (Å²) in [6.07, 6.45) is 0.891. The molecule has 0 aliphatic heterocycles. The summed E-state index contributed by atoms with van der Waals surface area (Å²) in [6.45, 7) is -0.174. The van der Waals surface area contributed by atoms with E-state index in [1.165, 1.54) is 12.1 Å². The van der Waals surface area contributed by atoms with E-state index in [1.807, 2.05) is 0 Å². The normalized spacial score (nSPS) is 11.6. The molecule has 2 aromatic rings. The topological polar surface area (TPSA) is 95.1 Å². The van der Waals surface area contributed by atoms with Gasteiger partial charge in [-0.3, -0.25) is 0 Å². The number of aromatic nitrogens is 2. The Kier molecular flexibility index (Phi) is 4.30. The van der Waals surface area contributed by atoms with Gasteiger partial charge in [-0.1, -0.05) is 22.0 Å². The van der Waals surface area contributed by atoms with Crippen molar-refractivity contribution in [1.82, 2.24) is 9.78 Å². The fraction of sp³-hybridized carbons (Fsp3) is 0.100. The molecule has 11 heteroatoms. The van der Waals surface area contributed by atoms with Crippen molar-refractivity contribution in [3.63, 3.8) is 0 Å². The summed E-state index contributed by atoms with van der Waals surface area (Å²) in [7, 11) is 0.790. The predicted octanol–water partition coefficient (Wildman–Crippen LogP) is 2.67. The van der Waals surface area contributed by atoms with Gasteiger partial charge in [0.1, 0.15) is 5.82 Å². The second-order valence-electron chi connectivity index (χ2n) is 3.95. The Hall–Kier alpha value is -1.52. The van der Waals surface area contributed by atoms with Crippen LogP contribution in [0.1, 0.15) is 5.56 Å². The minimum absolute atomic E-state index is 0.174. The van der Waals surface area contributed by atoms with Crippen molar-refractivity contribution in [2.45, 2.75) is 11.4 Å². The summed E-state index contributed by atoms with van der Waals surface area (Å²) in [6, 6.07) is 4.24. The first-order chi connectivity index (χ1) is 9.68. The Balaban J connectivity index is 2.44. The minimum atomic E-state index is -4.32. The summed E-state index contributed by atoms with van der Waals surface area (Å²) >= 11 is 3.09. The number of nitrogens with zero attached hydrogens (tertiary/aromatic N) is 3. The van der Waals surface area contributed by atoms with Crippen molar-refractivity contribution >= 4 is 41.5 Å². The molecule has 0 atom stereocenters. The maximum Gasteiger partial charge on any atom is 0.410 e. The fourth-order valence-corrected chi connectivity index (χ4v) is 2.84. The molecule has 7 nitrogen and oxygen atoms in total. The van der Waals surface area contributed by atoms with Crippen molar-refractivity contribution in [1.29, 1.82) is 0 Å². The number of rotatable bonds is 4. The Morgan fingerprint density at radius 2 is 2.14 bits per heavy atom. The lowest BCUT2D eigenvalue weighted by atomic mass is 10.2. The van der Waals surface area contributed by atoms with Crippen LogP contribution in [0.4, 0.5) is 10.2 Å². The molecule has 1 aromatic heterocycles. The standard InChI is InChI=1S/C10H6BrClFN3O4S/c11-7-2-1-6(8(13)3-7)4-15-5-9(21(12,19)20)10(14-15)16(17)18/h1-3,5H,4H2. The molecule has 2 rings (SSSR count). The number of halogens is 3. The third-order valence-electron chi connectivity index (χ3n) is 2.49. The van der Waals surface area contributed by atoms with E-state index < -0.39 is 30.5 Å². The molecule has 1 aromatic carbocycles. The van der Waals surface area contributed by atoms with Crippen molar-refractivity contribution in [3.8, 4) is 0 Å². The Bertz CT molecular complexity index is 824. The van der Waals surface area contributed by atoms with Crippen LogP contribution >= 0.6 is 26.6 Å². The fourth-order valence-electron chi connectivity index (χ4n) is 1.60. The van der Waals surface area contributed by atoms with E-state index in [4.69, 9.17) is 10.7 Å². The molecule has 0 spiro atoms. The highest BCUT2D eigenvalue weighted by atomic mass is 79.9. The van der Waals surface area contributed by atoms with Gasteiger partial charge < -0.3 is 10.1 Å². The van der Waals surface area contributed by atoms with Gasteiger partial charge in [-0.05, 0) is 17.1 Å². The van der Waals surface area contributed by atoms with Crippen LogP contribution in [-0.2, 0) is 15.6 Å². The van der Waals surface area contributed by atoms with Crippen molar-refractivity contribution in [2.75, 3.05) is 0 Å². The first-order valence-electron chi connectivity index (χ1n) is 5.29. The molecule has 0 saturated heterocycles. The Labute approximate surface area is 131 Å². The molecule has 0 aliphatic carbocycles. The monoisotopic (exact) mass is 397 g/mol. The average Bonchev–Trinajstić information content (AvgIpc) is 2.77. The maximum atomic E-state index is 13.7. The summed E-state index contributed by atoms with van der Waals surface area (Å²) < 4.78 is 37.7. The lowest BCUT2D eigenvalue weighted by Gasteiger charge is -2.01. The largest absolute Gasteiger partial charge is 0.410 e. The third-order valence-corrected chi connectivity index (χ3v) is 4.30. The molecule has 0 unspecified atom stereocenters.